The number of nitrogens with zero attached hydrogens (tertiary/aromatic N) is 3. The standard InChI is InChI=1S/C18H15ClFN3O2.CH4O3S/c1-24-16-6-11-14(8-17(16)25-2)21-9-22-18(11)23-4-3-10-5-13(20)12(19)7-15(10)23;1-5(2,3)4/h5-9H,3-4H2,1-2H3;1H3,(H,2,3,4). The monoisotopic (exact) mass is 455 g/mol. The second-order valence-corrected chi connectivity index (χ2v) is 8.32. The Morgan fingerprint density at radius 3 is 2.40 bits per heavy atom. The van der Waals surface area contributed by atoms with Crippen LogP contribution in [0.25, 0.3) is 10.9 Å². The van der Waals surface area contributed by atoms with Crippen LogP contribution in [0, 0.1) is 5.82 Å². The number of ether oxygens (including phenoxy) is 2. The van der Waals surface area contributed by atoms with E-state index in [0.29, 0.717) is 24.3 Å². The van der Waals surface area contributed by atoms with E-state index >= 15 is 0 Å². The van der Waals surface area contributed by atoms with Gasteiger partial charge in [-0.25, -0.2) is 14.4 Å². The highest BCUT2D eigenvalue weighted by molar-refractivity contribution is 7.85. The molecular weight excluding hydrogens is 437 g/mol. The molecule has 160 valence electrons. The average Bonchev–Trinajstić information content (AvgIpc) is 3.07. The lowest BCUT2D eigenvalue weighted by Crippen LogP contribution is -2.15. The van der Waals surface area contributed by atoms with Crippen LogP contribution in [0.3, 0.4) is 0 Å². The lowest BCUT2D eigenvalue weighted by Gasteiger charge is -2.20. The Morgan fingerprint density at radius 2 is 1.77 bits per heavy atom. The van der Waals surface area contributed by atoms with Crippen molar-refractivity contribution in [3.63, 3.8) is 0 Å². The summed E-state index contributed by atoms with van der Waals surface area (Å²) in [6.45, 7) is 0.690. The van der Waals surface area contributed by atoms with E-state index < -0.39 is 15.9 Å². The lowest BCUT2D eigenvalue weighted by atomic mass is 10.1. The zero-order valence-electron chi connectivity index (χ0n) is 16.4. The molecule has 2 heterocycles. The van der Waals surface area contributed by atoms with Gasteiger partial charge in [0.25, 0.3) is 10.1 Å². The summed E-state index contributed by atoms with van der Waals surface area (Å²) in [7, 11) is -0.500. The van der Waals surface area contributed by atoms with Gasteiger partial charge in [-0.2, -0.15) is 8.42 Å². The lowest BCUT2D eigenvalue weighted by molar-refractivity contribution is 0.356. The van der Waals surface area contributed by atoms with Gasteiger partial charge in [0, 0.05) is 23.7 Å². The summed E-state index contributed by atoms with van der Waals surface area (Å²) >= 11 is 5.98. The molecule has 0 amide bonds. The first-order valence-electron chi connectivity index (χ1n) is 8.67. The van der Waals surface area contributed by atoms with Gasteiger partial charge in [-0.15, -0.1) is 0 Å². The fraction of sp³-hybridized carbons (Fsp3) is 0.263. The van der Waals surface area contributed by atoms with Gasteiger partial charge in [0.15, 0.2) is 11.5 Å². The summed E-state index contributed by atoms with van der Waals surface area (Å²) in [5.74, 6) is 1.53. The Bertz CT molecular complexity index is 1200. The summed E-state index contributed by atoms with van der Waals surface area (Å²) in [6, 6.07) is 6.80. The highest BCUT2D eigenvalue weighted by atomic mass is 35.5. The van der Waals surface area contributed by atoms with Crippen molar-refractivity contribution in [3.05, 3.63) is 47.0 Å². The van der Waals surface area contributed by atoms with E-state index in [1.165, 1.54) is 12.4 Å². The van der Waals surface area contributed by atoms with Crippen molar-refractivity contribution >= 4 is 44.1 Å². The predicted octanol–water partition coefficient (Wildman–Crippen LogP) is 3.64. The number of fused-ring (bicyclic) bond motifs is 2. The van der Waals surface area contributed by atoms with Crippen molar-refractivity contribution in [2.75, 3.05) is 31.9 Å². The minimum Gasteiger partial charge on any atom is -0.493 e. The van der Waals surface area contributed by atoms with Crippen LogP contribution >= 0.6 is 11.6 Å². The number of benzene rings is 2. The molecule has 0 spiro atoms. The summed E-state index contributed by atoms with van der Waals surface area (Å²) in [4.78, 5) is 10.8. The van der Waals surface area contributed by atoms with E-state index in [1.807, 2.05) is 17.0 Å². The van der Waals surface area contributed by atoms with Gasteiger partial charge in [-0.3, -0.25) is 4.55 Å². The minimum atomic E-state index is -3.67. The highest BCUT2D eigenvalue weighted by Crippen LogP contribution is 2.41. The molecule has 1 N–H and O–H groups in total. The van der Waals surface area contributed by atoms with Gasteiger partial charge < -0.3 is 14.4 Å². The molecule has 1 aliphatic heterocycles. The Morgan fingerprint density at radius 1 is 1.13 bits per heavy atom. The molecule has 8 nitrogen and oxygen atoms in total. The van der Waals surface area contributed by atoms with E-state index in [1.54, 1.807) is 20.3 Å². The second-order valence-electron chi connectivity index (χ2n) is 6.45. The predicted molar refractivity (Wildman–Crippen MR) is 112 cm³/mol. The third-order valence-electron chi connectivity index (χ3n) is 4.39. The molecule has 0 radical (unpaired) electrons. The molecule has 4 rings (SSSR count). The van der Waals surface area contributed by atoms with Gasteiger partial charge in [0.1, 0.15) is 18.0 Å². The number of halogens is 2. The molecule has 0 atom stereocenters. The molecule has 11 heteroatoms. The molecule has 0 unspecified atom stereocenters. The number of aromatic nitrogens is 2. The fourth-order valence-electron chi connectivity index (χ4n) is 3.19. The molecule has 0 saturated carbocycles. The van der Waals surface area contributed by atoms with Crippen LogP contribution in [0.15, 0.2) is 30.6 Å². The minimum absolute atomic E-state index is 0.100. The van der Waals surface area contributed by atoms with Crippen molar-refractivity contribution in [1.29, 1.82) is 0 Å². The van der Waals surface area contributed by atoms with Crippen molar-refractivity contribution in [2.45, 2.75) is 6.42 Å². The first-order valence-corrected chi connectivity index (χ1v) is 10.9. The molecule has 3 aromatic rings. The number of anilines is 2. The average molecular weight is 456 g/mol. The Kier molecular flexibility index (Phi) is 6.30. The van der Waals surface area contributed by atoms with E-state index in [9.17, 15) is 12.8 Å². The van der Waals surface area contributed by atoms with Gasteiger partial charge in [-0.1, -0.05) is 11.6 Å². The molecule has 1 aliphatic rings. The van der Waals surface area contributed by atoms with Crippen molar-refractivity contribution in [2.24, 2.45) is 0 Å². The fourth-order valence-corrected chi connectivity index (χ4v) is 3.34. The molecule has 1 aromatic heterocycles. The van der Waals surface area contributed by atoms with E-state index in [4.69, 9.17) is 25.6 Å². The van der Waals surface area contributed by atoms with Crippen molar-refractivity contribution in [3.8, 4) is 11.5 Å². The highest BCUT2D eigenvalue weighted by Gasteiger charge is 2.25. The Hall–Kier alpha value is -2.69. The number of methoxy groups -OCH3 is 2. The Labute approximate surface area is 178 Å². The molecular formula is C19H19ClFN3O5S. The van der Waals surface area contributed by atoms with E-state index in [2.05, 4.69) is 9.97 Å². The molecule has 0 aliphatic carbocycles. The number of hydrogen-bond acceptors (Lipinski definition) is 7. The smallest absolute Gasteiger partial charge is 0.261 e. The molecule has 0 saturated heterocycles. The van der Waals surface area contributed by atoms with Crippen LogP contribution in [0.1, 0.15) is 5.56 Å². The maximum Gasteiger partial charge on any atom is 0.261 e. The third-order valence-corrected chi connectivity index (χ3v) is 4.68. The number of rotatable bonds is 3. The summed E-state index contributed by atoms with van der Waals surface area (Å²) in [6.07, 6.45) is 2.95. The van der Waals surface area contributed by atoms with Crippen LogP contribution in [-0.4, -0.2) is 50.0 Å². The van der Waals surface area contributed by atoms with Gasteiger partial charge in [-0.05, 0) is 30.2 Å². The topological polar surface area (TPSA) is 102 Å². The zero-order valence-corrected chi connectivity index (χ0v) is 18.0. The molecule has 0 fully saturated rings. The summed E-state index contributed by atoms with van der Waals surface area (Å²) in [5.41, 5.74) is 2.51. The first kappa shape index (κ1) is 22.0. The van der Waals surface area contributed by atoms with Gasteiger partial charge >= 0.3 is 0 Å². The Balaban J connectivity index is 0.000000461. The summed E-state index contributed by atoms with van der Waals surface area (Å²) in [5, 5.41) is 0.928. The van der Waals surface area contributed by atoms with Gasteiger partial charge in [0.2, 0.25) is 0 Å². The first-order chi connectivity index (χ1) is 14.1. The van der Waals surface area contributed by atoms with E-state index in [-0.39, 0.29) is 5.02 Å². The number of hydrogen-bond donors (Lipinski definition) is 1. The van der Waals surface area contributed by atoms with Crippen LogP contribution < -0.4 is 14.4 Å². The van der Waals surface area contributed by atoms with Crippen molar-refractivity contribution < 1.29 is 26.8 Å². The summed E-state index contributed by atoms with van der Waals surface area (Å²) < 4.78 is 50.3. The molecule has 30 heavy (non-hydrogen) atoms. The maximum absolute atomic E-state index is 13.7. The van der Waals surface area contributed by atoms with Crippen LogP contribution in [0.4, 0.5) is 15.9 Å². The second kappa shape index (κ2) is 8.58. The SMILES string of the molecule is COc1cc2ncnc(N3CCc4cc(F)c(Cl)cc43)c2cc1OC.CS(=O)(=O)O. The largest absolute Gasteiger partial charge is 0.493 e. The third kappa shape index (κ3) is 4.72. The quantitative estimate of drug-likeness (QED) is 0.597. The normalized spacial score (nSPS) is 12.9. The van der Waals surface area contributed by atoms with Crippen LogP contribution in [0.2, 0.25) is 5.02 Å². The maximum atomic E-state index is 13.7. The van der Waals surface area contributed by atoms with Gasteiger partial charge in [0.05, 0.1) is 31.0 Å². The van der Waals surface area contributed by atoms with Crippen LogP contribution in [0.5, 0.6) is 11.5 Å². The molecule has 2 aromatic carbocycles. The van der Waals surface area contributed by atoms with Crippen LogP contribution in [-0.2, 0) is 16.5 Å². The zero-order chi connectivity index (χ0) is 22.1. The van der Waals surface area contributed by atoms with E-state index in [0.717, 1.165) is 34.4 Å². The van der Waals surface area contributed by atoms with Crippen molar-refractivity contribution in [1.82, 2.24) is 9.97 Å². The molecule has 0 bridgehead atoms.